The smallest absolute Gasteiger partial charge is 0.388 e. The van der Waals surface area contributed by atoms with Crippen molar-refractivity contribution in [3.05, 3.63) is 101 Å². The van der Waals surface area contributed by atoms with Crippen molar-refractivity contribution in [3.8, 4) is 17.0 Å². The number of amides is 1. The Morgan fingerprint density at radius 2 is 1.97 bits per heavy atom. The summed E-state index contributed by atoms with van der Waals surface area (Å²) in [4.78, 5) is 17.6. The molecule has 2 N–H and O–H groups in total. The van der Waals surface area contributed by atoms with Crippen molar-refractivity contribution in [2.75, 3.05) is 0 Å². The zero-order valence-electron chi connectivity index (χ0n) is 21.5. The number of imidazole rings is 1. The van der Waals surface area contributed by atoms with E-state index < -0.39 is 6.61 Å². The van der Waals surface area contributed by atoms with E-state index >= 15 is 0 Å². The van der Waals surface area contributed by atoms with Crippen LogP contribution in [0.3, 0.4) is 0 Å². The molecule has 39 heavy (non-hydrogen) atoms. The maximum atomic E-state index is 13.9. The third kappa shape index (κ3) is 5.89. The molecule has 202 valence electrons. The van der Waals surface area contributed by atoms with Gasteiger partial charge in [0.1, 0.15) is 5.82 Å². The zero-order valence-corrected chi connectivity index (χ0v) is 21.5. The molecule has 1 fully saturated rings. The highest BCUT2D eigenvalue weighted by atomic mass is 19.3. The highest BCUT2D eigenvalue weighted by Gasteiger charge is 2.34. The number of halogens is 3. The van der Waals surface area contributed by atoms with Crippen molar-refractivity contribution in [3.63, 3.8) is 0 Å². The van der Waals surface area contributed by atoms with Gasteiger partial charge in [-0.05, 0) is 84.3 Å². The molecule has 5 rings (SSSR count). The van der Waals surface area contributed by atoms with Crippen LogP contribution in [0.1, 0.15) is 45.9 Å². The monoisotopic (exact) mass is 535 g/mol. The van der Waals surface area contributed by atoms with E-state index in [1.54, 1.807) is 78.0 Å². The van der Waals surface area contributed by atoms with E-state index in [2.05, 4.69) is 15.0 Å². The molecule has 0 radical (unpaired) electrons. The van der Waals surface area contributed by atoms with Gasteiger partial charge in [0.05, 0.1) is 12.6 Å². The molecular weight excluding hydrogens is 507 g/mol. The van der Waals surface area contributed by atoms with Gasteiger partial charge in [0.25, 0.3) is 5.91 Å². The van der Waals surface area contributed by atoms with Crippen LogP contribution in [0.25, 0.3) is 11.1 Å². The minimum Gasteiger partial charge on any atom is -0.416 e. The van der Waals surface area contributed by atoms with Crippen LogP contribution in [-0.2, 0) is 13.6 Å². The first-order valence-corrected chi connectivity index (χ1v) is 12.6. The predicted octanol–water partition coefficient (Wildman–Crippen LogP) is 5.35. The Balaban J connectivity index is 1.54. The summed E-state index contributed by atoms with van der Waals surface area (Å²) in [5.41, 5.74) is 3.40. The molecular formula is C29H28F3N5O2. The Morgan fingerprint density at radius 1 is 1.18 bits per heavy atom. The number of benzene rings is 2. The van der Waals surface area contributed by atoms with Crippen molar-refractivity contribution in [2.45, 2.75) is 39.0 Å². The average Bonchev–Trinajstić information content (AvgIpc) is 3.71. The number of carbonyl (C=O) groups excluding carboxylic acids is 1. The van der Waals surface area contributed by atoms with Gasteiger partial charge in [0.2, 0.25) is 11.5 Å². The molecule has 0 saturated heterocycles. The number of aromatic nitrogens is 3. The van der Waals surface area contributed by atoms with Gasteiger partial charge in [-0.3, -0.25) is 10.2 Å². The zero-order chi connectivity index (χ0) is 27.7. The molecule has 0 spiro atoms. The van der Waals surface area contributed by atoms with Gasteiger partial charge in [-0.25, -0.2) is 9.37 Å². The Hall–Kier alpha value is -4.34. The summed E-state index contributed by atoms with van der Waals surface area (Å²) in [5.74, 6) is -0.650. The molecule has 10 heteroatoms. The lowest BCUT2D eigenvalue weighted by Crippen LogP contribution is -2.30. The first-order chi connectivity index (χ1) is 18.7. The second-order valence-corrected chi connectivity index (χ2v) is 9.81. The largest absolute Gasteiger partial charge is 0.416 e. The van der Waals surface area contributed by atoms with Crippen LogP contribution in [0.15, 0.2) is 67.1 Å². The lowest BCUT2D eigenvalue weighted by atomic mass is 9.97. The number of rotatable bonds is 9. The fourth-order valence-electron chi connectivity index (χ4n) is 4.70. The molecule has 0 aliphatic heterocycles. The molecule has 1 saturated carbocycles. The van der Waals surface area contributed by atoms with Gasteiger partial charge < -0.3 is 19.2 Å². The Bertz CT molecular complexity index is 1580. The number of nitrogens with one attached hydrogen (secondary N) is 2. The quantitative estimate of drug-likeness (QED) is 0.303. The molecule has 7 nitrogen and oxygen atoms in total. The first-order valence-electron chi connectivity index (χ1n) is 12.6. The summed E-state index contributed by atoms with van der Waals surface area (Å²) in [5, 5.41) is 11.4. The van der Waals surface area contributed by atoms with Crippen LogP contribution in [0.4, 0.5) is 13.2 Å². The molecule has 1 aliphatic carbocycles. The normalized spacial score (nSPS) is 13.9. The third-order valence-electron chi connectivity index (χ3n) is 6.89. The van der Waals surface area contributed by atoms with Crippen LogP contribution in [-0.4, -0.2) is 26.6 Å². The standard InChI is InChI=1S/C29H28F3N5O2/c1-17-12-20(7-8-24(17)30)25(19-5-6-19)35-26(38)22-14-18(16-37-11-10-36(2)29(37)33)13-21(15-22)23-4-3-9-34-27(23)39-28(31)32/h3-4,7-15,19,25,28,33H,5-6,16H2,1-2H3,(H,35,38). The second-order valence-electron chi connectivity index (χ2n) is 9.81. The van der Waals surface area contributed by atoms with Gasteiger partial charge in [-0.1, -0.05) is 12.1 Å². The maximum absolute atomic E-state index is 13.9. The number of nitrogens with zero attached hydrogens (tertiary/aromatic N) is 3. The SMILES string of the molecule is Cc1cc(C(NC(=O)c2cc(Cn3ccn(C)c3=N)cc(-c3cccnc3OC(F)F)c2)C2CC2)ccc1F. The molecule has 2 heterocycles. The van der Waals surface area contributed by atoms with E-state index in [1.807, 2.05) is 0 Å². The fraction of sp³-hybridized carbons (Fsp3) is 0.276. The Morgan fingerprint density at radius 3 is 2.64 bits per heavy atom. The van der Waals surface area contributed by atoms with Gasteiger partial charge in [-0.2, -0.15) is 8.78 Å². The van der Waals surface area contributed by atoms with E-state index in [1.165, 1.54) is 12.3 Å². The van der Waals surface area contributed by atoms with Gasteiger partial charge >= 0.3 is 6.61 Å². The molecule has 1 atom stereocenters. The highest BCUT2D eigenvalue weighted by Crippen LogP contribution is 2.41. The van der Waals surface area contributed by atoms with Gasteiger partial charge in [0, 0.05) is 36.8 Å². The number of carbonyl (C=O) groups is 1. The van der Waals surface area contributed by atoms with Crippen molar-refractivity contribution >= 4 is 5.91 Å². The lowest BCUT2D eigenvalue weighted by Gasteiger charge is -2.20. The lowest BCUT2D eigenvalue weighted by molar-refractivity contribution is -0.0524. The third-order valence-corrected chi connectivity index (χ3v) is 6.89. The molecule has 1 unspecified atom stereocenters. The summed E-state index contributed by atoms with van der Waals surface area (Å²) < 4.78 is 48.1. The van der Waals surface area contributed by atoms with E-state index in [-0.39, 0.29) is 41.7 Å². The minimum atomic E-state index is -3.06. The molecule has 1 amide bonds. The second kappa shape index (κ2) is 10.8. The van der Waals surface area contributed by atoms with Crippen molar-refractivity contribution in [1.29, 1.82) is 5.41 Å². The summed E-state index contributed by atoms with van der Waals surface area (Å²) in [7, 11) is 1.76. The summed E-state index contributed by atoms with van der Waals surface area (Å²) in [6.07, 6.45) is 6.77. The maximum Gasteiger partial charge on any atom is 0.388 e. The first kappa shape index (κ1) is 26.3. The van der Waals surface area contributed by atoms with E-state index in [4.69, 9.17) is 5.41 Å². The molecule has 2 aromatic carbocycles. The highest BCUT2D eigenvalue weighted by molar-refractivity contribution is 5.96. The van der Waals surface area contributed by atoms with Crippen LogP contribution in [0.2, 0.25) is 0 Å². The Labute approximate surface area is 223 Å². The van der Waals surface area contributed by atoms with Crippen molar-refractivity contribution in [1.82, 2.24) is 19.4 Å². The van der Waals surface area contributed by atoms with Crippen LogP contribution in [0.5, 0.6) is 5.88 Å². The van der Waals surface area contributed by atoms with E-state index in [0.29, 0.717) is 27.8 Å². The predicted molar refractivity (Wildman–Crippen MR) is 139 cm³/mol. The number of pyridine rings is 1. The minimum absolute atomic E-state index is 0.247. The topological polar surface area (TPSA) is 84.9 Å². The molecule has 2 aromatic heterocycles. The fourth-order valence-corrected chi connectivity index (χ4v) is 4.70. The molecule has 4 aromatic rings. The van der Waals surface area contributed by atoms with Crippen LogP contribution in [0, 0.1) is 24.1 Å². The van der Waals surface area contributed by atoms with Crippen LogP contribution >= 0.6 is 0 Å². The number of aryl methyl sites for hydroxylation is 2. The van der Waals surface area contributed by atoms with Crippen molar-refractivity contribution in [2.24, 2.45) is 13.0 Å². The number of alkyl halides is 2. The van der Waals surface area contributed by atoms with E-state index in [0.717, 1.165) is 18.4 Å². The Kier molecular flexibility index (Phi) is 7.28. The molecule has 0 bridgehead atoms. The number of hydrogen-bond donors (Lipinski definition) is 2. The summed E-state index contributed by atoms with van der Waals surface area (Å²) in [6.45, 7) is -1.09. The van der Waals surface area contributed by atoms with Gasteiger partial charge in [0.15, 0.2) is 0 Å². The van der Waals surface area contributed by atoms with Crippen molar-refractivity contribution < 1.29 is 22.7 Å². The molecule has 1 aliphatic rings. The summed E-state index contributed by atoms with van der Waals surface area (Å²) in [6, 6.07) is 12.9. The number of hydrogen-bond acceptors (Lipinski definition) is 4. The van der Waals surface area contributed by atoms with E-state index in [9.17, 15) is 18.0 Å². The van der Waals surface area contributed by atoms with Gasteiger partial charge in [-0.15, -0.1) is 0 Å². The van der Waals surface area contributed by atoms with Crippen LogP contribution < -0.4 is 15.7 Å². The summed E-state index contributed by atoms with van der Waals surface area (Å²) >= 11 is 0. The average molecular weight is 536 g/mol. The number of ether oxygens (including phenoxy) is 1.